The lowest BCUT2D eigenvalue weighted by Gasteiger charge is -2.27. The van der Waals surface area contributed by atoms with Crippen molar-refractivity contribution in [2.45, 2.75) is 52.6 Å². The van der Waals surface area contributed by atoms with E-state index in [0.29, 0.717) is 6.10 Å². The van der Waals surface area contributed by atoms with Crippen molar-refractivity contribution in [3.8, 4) is 5.75 Å². The smallest absolute Gasteiger partial charge is 0.120 e. The summed E-state index contributed by atoms with van der Waals surface area (Å²) in [6.07, 6.45) is 5.49. The molecule has 1 nitrogen and oxygen atoms in total. The van der Waals surface area contributed by atoms with Gasteiger partial charge in [-0.15, -0.1) is 0 Å². The van der Waals surface area contributed by atoms with Gasteiger partial charge in [0.05, 0.1) is 6.10 Å². The van der Waals surface area contributed by atoms with Crippen LogP contribution in [0.4, 0.5) is 0 Å². The Bertz CT molecular complexity index is 377. The second-order valence-corrected chi connectivity index (χ2v) is 6.18. The van der Waals surface area contributed by atoms with E-state index in [1.54, 1.807) is 0 Å². The minimum Gasteiger partial charge on any atom is -0.490 e. The van der Waals surface area contributed by atoms with Crippen molar-refractivity contribution in [3.63, 3.8) is 0 Å². The number of hydrogen-bond acceptors (Lipinski definition) is 1. The molecule has 0 bridgehead atoms. The van der Waals surface area contributed by atoms with Gasteiger partial charge in [0.25, 0.3) is 0 Å². The first-order chi connectivity index (χ1) is 8.06. The van der Waals surface area contributed by atoms with E-state index in [-0.39, 0.29) is 0 Å². The molecule has 1 saturated carbocycles. The van der Waals surface area contributed by atoms with Crippen LogP contribution in [0.5, 0.6) is 5.75 Å². The molecule has 0 saturated heterocycles. The lowest BCUT2D eigenvalue weighted by Crippen LogP contribution is -2.24. The van der Waals surface area contributed by atoms with E-state index < -0.39 is 0 Å². The molecule has 1 fully saturated rings. The Morgan fingerprint density at radius 2 is 1.82 bits per heavy atom. The molecule has 0 spiro atoms. The molecule has 17 heavy (non-hydrogen) atoms. The maximum Gasteiger partial charge on any atom is 0.120 e. The molecule has 2 unspecified atom stereocenters. The summed E-state index contributed by atoms with van der Waals surface area (Å²) in [6.45, 7) is 6.56. The standard InChI is InChI=1S/C15H21BrO/c1-10-5-4-6-13(7-10)17-14-8-11(2)15(16)12(3)9-14/h8-10,13H,4-7H2,1-3H3. The summed E-state index contributed by atoms with van der Waals surface area (Å²) in [6, 6.07) is 4.27. The molecule has 2 rings (SSSR count). The molecule has 0 amide bonds. The number of ether oxygens (including phenoxy) is 1. The van der Waals surface area contributed by atoms with Gasteiger partial charge in [0.2, 0.25) is 0 Å². The zero-order chi connectivity index (χ0) is 12.4. The Morgan fingerprint density at radius 1 is 1.18 bits per heavy atom. The van der Waals surface area contributed by atoms with Gasteiger partial charge in [0, 0.05) is 4.47 Å². The van der Waals surface area contributed by atoms with Crippen molar-refractivity contribution < 1.29 is 4.74 Å². The monoisotopic (exact) mass is 296 g/mol. The molecule has 0 radical (unpaired) electrons. The molecule has 0 N–H and O–H groups in total. The highest BCUT2D eigenvalue weighted by Crippen LogP contribution is 2.30. The van der Waals surface area contributed by atoms with Crippen LogP contribution < -0.4 is 4.74 Å². The maximum absolute atomic E-state index is 6.12. The molecule has 0 aliphatic heterocycles. The van der Waals surface area contributed by atoms with E-state index in [1.807, 2.05) is 0 Å². The largest absolute Gasteiger partial charge is 0.490 e. The molecule has 0 aromatic heterocycles. The topological polar surface area (TPSA) is 9.23 Å². The highest BCUT2D eigenvalue weighted by molar-refractivity contribution is 9.10. The van der Waals surface area contributed by atoms with Crippen molar-refractivity contribution in [1.82, 2.24) is 0 Å². The summed E-state index contributed by atoms with van der Waals surface area (Å²) in [5.74, 6) is 1.84. The second kappa shape index (κ2) is 5.43. The fourth-order valence-electron chi connectivity index (χ4n) is 2.65. The van der Waals surface area contributed by atoms with Crippen LogP contribution in [0.1, 0.15) is 43.7 Å². The molecule has 1 aromatic rings. The zero-order valence-corrected chi connectivity index (χ0v) is 12.5. The van der Waals surface area contributed by atoms with E-state index in [4.69, 9.17) is 4.74 Å². The summed E-state index contributed by atoms with van der Waals surface area (Å²) in [4.78, 5) is 0. The van der Waals surface area contributed by atoms with Crippen LogP contribution in [0.25, 0.3) is 0 Å². The summed E-state index contributed by atoms with van der Waals surface area (Å²) < 4.78 is 7.32. The SMILES string of the molecule is Cc1cc(OC2CCCC(C)C2)cc(C)c1Br. The van der Waals surface area contributed by atoms with E-state index >= 15 is 0 Å². The van der Waals surface area contributed by atoms with Crippen LogP contribution in [-0.4, -0.2) is 6.10 Å². The average Bonchev–Trinajstić information content (AvgIpc) is 2.26. The molecular formula is C15H21BrO. The summed E-state index contributed by atoms with van der Waals surface area (Å²) in [5.41, 5.74) is 2.51. The van der Waals surface area contributed by atoms with Crippen molar-refractivity contribution >= 4 is 15.9 Å². The third kappa shape index (κ3) is 3.25. The lowest BCUT2D eigenvalue weighted by molar-refractivity contribution is 0.129. The Balaban J connectivity index is 2.08. The Morgan fingerprint density at radius 3 is 2.41 bits per heavy atom. The number of aryl methyl sites for hydroxylation is 2. The number of benzene rings is 1. The van der Waals surface area contributed by atoms with Crippen LogP contribution in [0.2, 0.25) is 0 Å². The van der Waals surface area contributed by atoms with Crippen molar-refractivity contribution in [3.05, 3.63) is 27.7 Å². The minimum atomic E-state index is 0.415. The van der Waals surface area contributed by atoms with E-state index in [0.717, 1.165) is 11.7 Å². The summed E-state index contributed by atoms with van der Waals surface area (Å²) in [7, 11) is 0. The molecule has 2 heteroatoms. The summed E-state index contributed by atoms with van der Waals surface area (Å²) >= 11 is 3.59. The predicted octanol–water partition coefficient (Wildman–Crippen LogP) is 5.02. The van der Waals surface area contributed by atoms with E-state index in [9.17, 15) is 0 Å². The van der Waals surface area contributed by atoms with E-state index in [1.165, 1.54) is 41.3 Å². The van der Waals surface area contributed by atoms with Crippen LogP contribution in [-0.2, 0) is 0 Å². The van der Waals surface area contributed by atoms with Gasteiger partial charge in [-0.1, -0.05) is 29.3 Å². The molecule has 1 aliphatic carbocycles. The van der Waals surface area contributed by atoms with Gasteiger partial charge in [-0.3, -0.25) is 0 Å². The Labute approximate surface area is 113 Å². The first-order valence-corrected chi connectivity index (χ1v) is 7.29. The molecule has 2 atom stereocenters. The normalized spacial score (nSPS) is 24.7. The van der Waals surface area contributed by atoms with Crippen LogP contribution in [0.3, 0.4) is 0 Å². The molecule has 1 aromatic carbocycles. The van der Waals surface area contributed by atoms with Crippen LogP contribution in [0, 0.1) is 19.8 Å². The van der Waals surface area contributed by atoms with Crippen LogP contribution in [0.15, 0.2) is 16.6 Å². The highest BCUT2D eigenvalue weighted by Gasteiger charge is 2.20. The van der Waals surface area contributed by atoms with Gasteiger partial charge < -0.3 is 4.74 Å². The highest BCUT2D eigenvalue weighted by atomic mass is 79.9. The summed E-state index contributed by atoms with van der Waals surface area (Å²) in [5, 5.41) is 0. The first-order valence-electron chi connectivity index (χ1n) is 6.49. The van der Waals surface area contributed by atoms with Crippen molar-refractivity contribution in [2.75, 3.05) is 0 Å². The predicted molar refractivity (Wildman–Crippen MR) is 75.7 cm³/mol. The van der Waals surface area contributed by atoms with Gasteiger partial charge in [-0.2, -0.15) is 0 Å². The van der Waals surface area contributed by atoms with Gasteiger partial charge >= 0.3 is 0 Å². The molecule has 0 heterocycles. The zero-order valence-electron chi connectivity index (χ0n) is 10.9. The molecular weight excluding hydrogens is 276 g/mol. The average molecular weight is 297 g/mol. The fourth-order valence-corrected chi connectivity index (χ4v) is 2.88. The fraction of sp³-hybridized carbons (Fsp3) is 0.600. The third-order valence-electron chi connectivity index (χ3n) is 3.60. The first kappa shape index (κ1) is 12.9. The Kier molecular flexibility index (Phi) is 4.13. The van der Waals surface area contributed by atoms with Gasteiger partial charge in [0.15, 0.2) is 0 Å². The van der Waals surface area contributed by atoms with Crippen molar-refractivity contribution in [2.24, 2.45) is 5.92 Å². The van der Waals surface area contributed by atoms with Crippen LogP contribution >= 0.6 is 15.9 Å². The van der Waals surface area contributed by atoms with Gasteiger partial charge in [0.1, 0.15) is 5.75 Å². The number of rotatable bonds is 2. The van der Waals surface area contributed by atoms with Gasteiger partial charge in [-0.25, -0.2) is 0 Å². The number of halogens is 1. The Hall–Kier alpha value is -0.500. The van der Waals surface area contributed by atoms with E-state index in [2.05, 4.69) is 48.8 Å². The third-order valence-corrected chi connectivity index (χ3v) is 4.85. The molecule has 1 aliphatic rings. The number of hydrogen-bond donors (Lipinski definition) is 0. The quantitative estimate of drug-likeness (QED) is 0.744. The second-order valence-electron chi connectivity index (χ2n) is 5.38. The maximum atomic E-state index is 6.12. The molecule has 94 valence electrons. The minimum absolute atomic E-state index is 0.415. The van der Waals surface area contributed by atoms with Gasteiger partial charge in [-0.05, 0) is 62.3 Å². The van der Waals surface area contributed by atoms with Crippen molar-refractivity contribution in [1.29, 1.82) is 0 Å². The lowest BCUT2D eigenvalue weighted by atomic mass is 9.89.